The number of anilines is 2. The number of halogens is 3. The molecule has 1 aliphatic heterocycles. The van der Waals surface area contributed by atoms with Gasteiger partial charge in [-0.05, 0) is 24.6 Å². The van der Waals surface area contributed by atoms with Crippen LogP contribution in [-0.4, -0.2) is 36.3 Å². The van der Waals surface area contributed by atoms with Gasteiger partial charge in [0.25, 0.3) is 0 Å². The SMILES string of the molecule is Cc1cc(NCc2cccc(C(F)(F)F)c2)nc(N2CCOCC2)n1. The van der Waals surface area contributed by atoms with E-state index < -0.39 is 11.7 Å². The highest BCUT2D eigenvalue weighted by molar-refractivity contribution is 5.44. The van der Waals surface area contributed by atoms with E-state index in [0.29, 0.717) is 30.5 Å². The van der Waals surface area contributed by atoms with Crippen LogP contribution in [0.2, 0.25) is 0 Å². The molecule has 0 radical (unpaired) electrons. The number of nitrogens with zero attached hydrogens (tertiary/aromatic N) is 3. The summed E-state index contributed by atoms with van der Waals surface area (Å²) < 4.78 is 43.7. The molecule has 2 aromatic rings. The molecular formula is C17H19F3N4O. The van der Waals surface area contributed by atoms with Gasteiger partial charge in [-0.15, -0.1) is 0 Å². The van der Waals surface area contributed by atoms with Gasteiger partial charge in [-0.25, -0.2) is 4.98 Å². The predicted octanol–water partition coefficient (Wildman–Crippen LogP) is 3.25. The average molecular weight is 352 g/mol. The maximum absolute atomic E-state index is 12.8. The first-order valence-corrected chi connectivity index (χ1v) is 8.00. The molecule has 0 spiro atoms. The fourth-order valence-corrected chi connectivity index (χ4v) is 2.60. The molecule has 25 heavy (non-hydrogen) atoms. The van der Waals surface area contributed by atoms with Gasteiger partial charge in [-0.2, -0.15) is 18.2 Å². The van der Waals surface area contributed by atoms with E-state index in [1.54, 1.807) is 12.1 Å². The summed E-state index contributed by atoms with van der Waals surface area (Å²) in [5.41, 5.74) is 0.682. The minimum atomic E-state index is -4.34. The molecule has 134 valence electrons. The summed E-state index contributed by atoms with van der Waals surface area (Å²) in [5, 5.41) is 3.08. The third kappa shape index (κ3) is 4.60. The monoisotopic (exact) mass is 352 g/mol. The van der Waals surface area contributed by atoms with Gasteiger partial charge in [-0.3, -0.25) is 0 Å². The maximum Gasteiger partial charge on any atom is 0.416 e. The highest BCUT2D eigenvalue weighted by Gasteiger charge is 2.30. The second-order valence-corrected chi connectivity index (χ2v) is 5.85. The third-order valence-corrected chi connectivity index (χ3v) is 3.86. The van der Waals surface area contributed by atoms with Crippen LogP contribution in [-0.2, 0) is 17.5 Å². The Morgan fingerprint density at radius 1 is 1.16 bits per heavy atom. The van der Waals surface area contributed by atoms with Crippen LogP contribution in [0.4, 0.5) is 24.9 Å². The average Bonchev–Trinajstić information content (AvgIpc) is 2.60. The van der Waals surface area contributed by atoms with Crippen LogP contribution in [0.3, 0.4) is 0 Å². The lowest BCUT2D eigenvalue weighted by molar-refractivity contribution is -0.137. The van der Waals surface area contributed by atoms with Crippen LogP contribution < -0.4 is 10.2 Å². The van der Waals surface area contributed by atoms with Crippen LogP contribution in [0.1, 0.15) is 16.8 Å². The Balaban J connectivity index is 1.72. The molecule has 8 heteroatoms. The molecule has 0 unspecified atom stereocenters. The van der Waals surface area contributed by atoms with Crippen molar-refractivity contribution < 1.29 is 17.9 Å². The van der Waals surface area contributed by atoms with Gasteiger partial charge >= 0.3 is 6.18 Å². The fraction of sp³-hybridized carbons (Fsp3) is 0.412. The summed E-state index contributed by atoms with van der Waals surface area (Å²) in [6, 6.07) is 7.04. The van der Waals surface area contributed by atoms with Crippen LogP contribution in [0.25, 0.3) is 0 Å². The molecule has 0 bridgehead atoms. The van der Waals surface area contributed by atoms with Crippen LogP contribution in [0.5, 0.6) is 0 Å². The Hall–Kier alpha value is -2.35. The molecule has 0 atom stereocenters. The summed E-state index contributed by atoms with van der Waals surface area (Å²) >= 11 is 0. The van der Waals surface area contributed by atoms with Gasteiger partial charge in [0.15, 0.2) is 0 Å². The normalized spacial score (nSPS) is 15.3. The van der Waals surface area contributed by atoms with E-state index in [1.807, 2.05) is 11.8 Å². The zero-order chi connectivity index (χ0) is 17.9. The van der Waals surface area contributed by atoms with E-state index in [0.717, 1.165) is 30.9 Å². The number of morpholine rings is 1. The standard InChI is InChI=1S/C17H19F3N4O/c1-12-9-15(23-16(22-12)24-5-7-25-8-6-24)21-11-13-3-2-4-14(10-13)17(18,19)20/h2-4,9-10H,5-8,11H2,1H3,(H,21,22,23). The number of nitrogens with one attached hydrogen (secondary N) is 1. The smallest absolute Gasteiger partial charge is 0.378 e. The van der Waals surface area contributed by atoms with Gasteiger partial charge in [0.1, 0.15) is 5.82 Å². The number of alkyl halides is 3. The highest BCUT2D eigenvalue weighted by atomic mass is 19.4. The number of ether oxygens (including phenoxy) is 1. The van der Waals surface area contributed by atoms with E-state index in [1.165, 1.54) is 6.07 Å². The topological polar surface area (TPSA) is 50.3 Å². The van der Waals surface area contributed by atoms with Gasteiger partial charge in [0, 0.05) is 31.4 Å². The molecular weight excluding hydrogens is 333 g/mol. The third-order valence-electron chi connectivity index (χ3n) is 3.86. The van der Waals surface area contributed by atoms with Crippen LogP contribution in [0.15, 0.2) is 30.3 Å². The summed E-state index contributed by atoms with van der Waals surface area (Å²) in [6.07, 6.45) is -4.34. The molecule has 1 aromatic carbocycles. The van der Waals surface area contributed by atoms with Gasteiger partial charge < -0.3 is 15.0 Å². The van der Waals surface area contributed by atoms with Crippen LogP contribution >= 0.6 is 0 Å². The predicted molar refractivity (Wildman–Crippen MR) is 88.6 cm³/mol. The molecule has 1 fully saturated rings. The van der Waals surface area contributed by atoms with Crippen LogP contribution in [0, 0.1) is 6.92 Å². The molecule has 1 aliphatic rings. The lowest BCUT2D eigenvalue weighted by Gasteiger charge is -2.27. The number of hydrogen-bond donors (Lipinski definition) is 1. The number of hydrogen-bond acceptors (Lipinski definition) is 5. The number of aryl methyl sites for hydroxylation is 1. The first-order chi connectivity index (χ1) is 11.9. The minimum absolute atomic E-state index is 0.253. The van der Waals surface area contributed by atoms with Crippen molar-refractivity contribution in [2.45, 2.75) is 19.6 Å². The second-order valence-electron chi connectivity index (χ2n) is 5.85. The Bertz CT molecular complexity index is 730. The van der Waals surface area contributed by atoms with Crippen molar-refractivity contribution in [1.82, 2.24) is 9.97 Å². The van der Waals surface area contributed by atoms with Crippen molar-refractivity contribution in [3.63, 3.8) is 0 Å². The largest absolute Gasteiger partial charge is 0.416 e. The lowest BCUT2D eigenvalue weighted by atomic mass is 10.1. The molecule has 1 aromatic heterocycles. The van der Waals surface area contributed by atoms with Crippen molar-refractivity contribution >= 4 is 11.8 Å². The molecule has 2 heterocycles. The zero-order valence-corrected chi connectivity index (χ0v) is 13.8. The van der Waals surface area contributed by atoms with E-state index in [-0.39, 0.29) is 6.54 Å². The zero-order valence-electron chi connectivity index (χ0n) is 13.8. The molecule has 1 N–H and O–H groups in total. The maximum atomic E-state index is 12.8. The van der Waals surface area contributed by atoms with E-state index in [4.69, 9.17) is 4.74 Å². The number of aromatic nitrogens is 2. The van der Waals surface area contributed by atoms with Gasteiger partial charge in [0.05, 0.1) is 18.8 Å². The van der Waals surface area contributed by atoms with E-state index >= 15 is 0 Å². The highest BCUT2D eigenvalue weighted by Crippen LogP contribution is 2.29. The van der Waals surface area contributed by atoms with Gasteiger partial charge in [0.2, 0.25) is 5.95 Å². The Morgan fingerprint density at radius 2 is 1.92 bits per heavy atom. The number of benzene rings is 1. The van der Waals surface area contributed by atoms with Crippen molar-refractivity contribution in [1.29, 1.82) is 0 Å². The molecule has 5 nitrogen and oxygen atoms in total. The summed E-state index contributed by atoms with van der Waals surface area (Å²) in [4.78, 5) is 10.9. The van der Waals surface area contributed by atoms with Crippen molar-refractivity contribution in [2.75, 3.05) is 36.5 Å². The van der Waals surface area contributed by atoms with Crippen molar-refractivity contribution in [2.24, 2.45) is 0 Å². The molecule has 0 saturated carbocycles. The summed E-state index contributed by atoms with van der Waals surface area (Å²) in [7, 11) is 0. The first-order valence-electron chi connectivity index (χ1n) is 8.00. The molecule has 1 saturated heterocycles. The second kappa shape index (κ2) is 7.26. The number of rotatable bonds is 4. The first kappa shape index (κ1) is 17.5. The summed E-state index contributed by atoms with van der Waals surface area (Å²) in [6.45, 7) is 4.81. The van der Waals surface area contributed by atoms with E-state index in [2.05, 4.69) is 15.3 Å². The lowest BCUT2D eigenvalue weighted by Crippen LogP contribution is -2.37. The van der Waals surface area contributed by atoms with E-state index in [9.17, 15) is 13.2 Å². The Morgan fingerprint density at radius 3 is 2.64 bits per heavy atom. The molecule has 0 amide bonds. The Kier molecular flexibility index (Phi) is 5.08. The minimum Gasteiger partial charge on any atom is -0.378 e. The molecule has 0 aliphatic carbocycles. The van der Waals surface area contributed by atoms with Crippen molar-refractivity contribution in [3.05, 3.63) is 47.2 Å². The van der Waals surface area contributed by atoms with Gasteiger partial charge in [-0.1, -0.05) is 12.1 Å². The summed E-state index contributed by atoms with van der Waals surface area (Å²) in [5.74, 6) is 1.20. The van der Waals surface area contributed by atoms with Crippen molar-refractivity contribution in [3.8, 4) is 0 Å². The quantitative estimate of drug-likeness (QED) is 0.915. The molecule has 3 rings (SSSR count). The Labute approximate surface area is 143 Å². The fourth-order valence-electron chi connectivity index (χ4n) is 2.60.